The lowest BCUT2D eigenvalue weighted by Gasteiger charge is -2.09. The van der Waals surface area contributed by atoms with Crippen molar-refractivity contribution in [2.45, 2.75) is 31.0 Å². The Hall–Kier alpha value is -2.01. The summed E-state index contributed by atoms with van der Waals surface area (Å²) in [7, 11) is -3.41. The number of aromatic nitrogens is 4. The Morgan fingerprint density at radius 1 is 1.12 bits per heavy atom. The molecule has 136 valence electrons. The topological polar surface area (TPSA) is 86.8 Å². The predicted molar refractivity (Wildman–Crippen MR) is 108 cm³/mol. The SMILES string of the molecule is Cc1nc(S(=O)(=O)C(C)C)ccc1-c1cnn(-c2ccc(=O)n(I)c2)c1. The molecule has 0 atom stereocenters. The van der Waals surface area contributed by atoms with Crippen LogP contribution in [0.5, 0.6) is 0 Å². The molecule has 0 N–H and O–H groups in total. The van der Waals surface area contributed by atoms with Crippen molar-refractivity contribution in [3.8, 4) is 16.8 Å². The predicted octanol–water partition coefficient (Wildman–Crippen LogP) is 2.78. The summed E-state index contributed by atoms with van der Waals surface area (Å²) >= 11 is 1.91. The van der Waals surface area contributed by atoms with Gasteiger partial charge in [-0.25, -0.2) is 18.1 Å². The average molecular weight is 484 g/mol. The van der Waals surface area contributed by atoms with Crippen molar-refractivity contribution in [1.29, 1.82) is 0 Å². The molecule has 0 radical (unpaired) electrons. The van der Waals surface area contributed by atoms with Crippen molar-refractivity contribution in [3.05, 3.63) is 58.9 Å². The molecule has 0 unspecified atom stereocenters. The molecule has 0 saturated carbocycles. The Balaban J connectivity index is 1.99. The molecule has 7 nitrogen and oxygen atoms in total. The van der Waals surface area contributed by atoms with Crippen LogP contribution in [0.4, 0.5) is 0 Å². The van der Waals surface area contributed by atoms with Gasteiger partial charge in [0.25, 0.3) is 5.56 Å². The Kier molecular flexibility index (Phi) is 5.02. The highest BCUT2D eigenvalue weighted by molar-refractivity contribution is 14.1. The summed E-state index contributed by atoms with van der Waals surface area (Å²) in [6, 6.07) is 6.44. The Morgan fingerprint density at radius 2 is 1.85 bits per heavy atom. The number of nitrogens with zero attached hydrogens (tertiary/aromatic N) is 4. The first-order valence-electron chi connectivity index (χ1n) is 7.86. The van der Waals surface area contributed by atoms with Gasteiger partial charge in [0.15, 0.2) is 14.9 Å². The van der Waals surface area contributed by atoms with E-state index in [4.69, 9.17) is 0 Å². The third-order valence-corrected chi connectivity index (χ3v) is 6.79. The van der Waals surface area contributed by atoms with Gasteiger partial charge in [0, 0.05) is 35.3 Å². The van der Waals surface area contributed by atoms with E-state index in [-0.39, 0.29) is 10.6 Å². The standard InChI is InChI=1S/C17H17IN4O3S/c1-11(2)26(24,25)16-6-5-15(12(3)20-16)13-8-19-22(9-13)14-4-7-17(23)21(18)10-14/h4-11H,1-3H3. The zero-order valence-corrected chi connectivity index (χ0v) is 17.4. The molecule has 0 spiro atoms. The molecule has 0 bridgehead atoms. The van der Waals surface area contributed by atoms with E-state index in [1.807, 2.05) is 29.1 Å². The molecule has 0 aliphatic heterocycles. The van der Waals surface area contributed by atoms with Gasteiger partial charge in [-0.05, 0) is 39.0 Å². The quantitative estimate of drug-likeness (QED) is 0.532. The molecular weight excluding hydrogens is 467 g/mol. The van der Waals surface area contributed by atoms with E-state index in [0.717, 1.165) is 16.8 Å². The van der Waals surface area contributed by atoms with Crippen LogP contribution >= 0.6 is 22.9 Å². The maximum Gasteiger partial charge on any atom is 0.259 e. The van der Waals surface area contributed by atoms with Crippen LogP contribution in [-0.2, 0) is 9.84 Å². The van der Waals surface area contributed by atoms with E-state index >= 15 is 0 Å². The van der Waals surface area contributed by atoms with Crippen LogP contribution in [0.15, 0.2) is 52.7 Å². The largest absolute Gasteiger partial charge is 0.269 e. The van der Waals surface area contributed by atoms with Crippen molar-refractivity contribution < 1.29 is 8.42 Å². The molecule has 3 aromatic rings. The zero-order chi connectivity index (χ0) is 19.1. The first-order valence-corrected chi connectivity index (χ1v) is 10.4. The van der Waals surface area contributed by atoms with Gasteiger partial charge in [0.2, 0.25) is 0 Å². The van der Waals surface area contributed by atoms with Crippen LogP contribution in [0.2, 0.25) is 0 Å². The molecule has 3 rings (SSSR count). The number of halogens is 1. The smallest absolute Gasteiger partial charge is 0.259 e. The van der Waals surface area contributed by atoms with Gasteiger partial charge in [0.1, 0.15) is 0 Å². The van der Waals surface area contributed by atoms with Crippen LogP contribution in [0.3, 0.4) is 0 Å². The minimum absolute atomic E-state index is 0.0816. The first-order chi connectivity index (χ1) is 12.2. The molecule has 0 fully saturated rings. The highest BCUT2D eigenvalue weighted by Crippen LogP contribution is 2.25. The second-order valence-electron chi connectivity index (χ2n) is 6.09. The molecule has 0 saturated heterocycles. The third kappa shape index (κ3) is 3.45. The summed E-state index contributed by atoms with van der Waals surface area (Å²) in [5, 5.41) is 3.89. The summed E-state index contributed by atoms with van der Waals surface area (Å²) in [4.78, 5) is 15.8. The Labute approximate surface area is 165 Å². The van der Waals surface area contributed by atoms with Gasteiger partial charge in [-0.2, -0.15) is 5.10 Å². The minimum Gasteiger partial charge on any atom is -0.269 e. The van der Waals surface area contributed by atoms with Crippen LogP contribution < -0.4 is 5.56 Å². The Bertz CT molecular complexity index is 1130. The lowest BCUT2D eigenvalue weighted by molar-refractivity contribution is 0.583. The summed E-state index contributed by atoms with van der Waals surface area (Å²) < 4.78 is 27.7. The molecule has 3 heterocycles. The highest BCUT2D eigenvalue weighted by atomic mass is 127. The average Bonchev–Trinajstić information content (AvgIpc) is 3.06. The molecule has 9 heteroatoms. The van der Waals surface area contributed by atoms with E-state index in [2.05, 4.69) is 10.1 Å². The van der Waals surface area contributed by atoms with Gasteiger partial charge in [-0.15, -0.1) is 0 Å². The fraction of sp³-hybridized carbons (Fsp3) is 0.235. The lowest BCUT2D eigenvalue weighted by atomic mass is 10.1. The Morgan fingerprint density at radius 3 is 2.46 bits per heavy atom. The number of pyridine rings is 2. The van der Waals surface area contributed by atoms with Crippen molar-refractivity contribution >= 4 is 32.7 Å². The van der Waals surface area contributed by atoms with Gasteiger partial charge in [0.05, 0.1) is 40.0 Å². The van der Waals surface area contributed by atoms with E-state index < -0.39 is 15.1 Å². The summed E-state index contributed by atoms with van der Waals surface area (Å²) in [5.74, 6) is 0. The van der Waals surface area contributed by atoms with E-state index in [0.29, 0.717) is 5.69 Å². The molecule has 0 amide bonds. The molecule has 0 aliphatic rings. The minimum atomic E-state index is -3.41. The summed E-state index contributed by atoms with van der Waals surface area (Å²) in [5.41, 5.74) is 2.88. The maximum absolute atomic E-state index is 12.3. The van der Waals surface area contributed by atoms with Gasteiger partial charge >= 0.3 is 0 Å². The zero-order valence-electron chi connectivity index (χ0n) is 14.4. The molecule has 0 aromatic carbocycles. The fourth-order valence-electron chi connectivity index (χ4n) is 2.43. The maximum atomic E-state index is 12.3. The van der Waals surface area contributed by atoms with Crippen molar-refractivity contribution in [2.75, 3.05) is 0 Å². The number of rotatable bonds is 4. The fourth-order valence-corrected chi connectivity index (χ4v) is 3.88. The van der Waals surface area contributed by atoms with Crippen molar-refractivity contribution in [3.63, 3.8) is 0 Å². The van der Waals surface area contributed by atoms with Gasteiger partial charge < -0.3 is 0 Å². The second-order valence-corrected chi connectivity index (χ2v) is 9.58. The van der Waals surface area contributed by atoms with Gasteiger partial charge in [-0.3, -0.25) is 7.58 Å². The van der Waals surface area contributed by atoms with Crippen LogP contribution in [0.25, 0.3) is 16.8 Å². The number of aryl methyl sites for hydroxylation is 1. The molecule has 26 heavy (non-hydrogen) atoms. The van der Waals surface area contributed by atoms with E-state index in [1.165, 1.54) is 14.9 Å². The normalized spacial score (nSPS) is 11.9. The number of sulfone groups is 1. The van der Waals surface area contributed by atoms with Crippen molar-refractivity contribution in [2.24, 2.45) is 0 Å². The first kappa shape index (κ1) is 18.8. The van der Waals surface area contributed by atoms with Gasteiger partial charge in [-0.1, -0.05) is 0 Å². The summed E-state index contributed by atoms with van der Waals surface area (Å²) in [6.45, 7) is 5.05. The van der Waals surface area contributed by atoms with Crippen LogP contribution in [0.1, 0.15) is 19.5 Å². The number of hydrogen-bond donors (Lipinski definition) is 0. The molecule has 3 aromatic heterocycles. The van der Waals surface area contributed by atoms with Crippen LogP contribution in [0, 0.1) is 6.92 Å². The van der Waals surface area contributed by atoms with Crippen LogP contribution in [-0.4, -0.2) is 31.2 Å². The third-order valence-electron chi connectivity index (χ3n) is 3.98. The molecule has 0 aliphatic carbocycles. The number of hydrogen-bond acceptors (Lipinski definition) is 5. The highest BCUT2D eigenvalue weighted by Gasteiger charge is 2.21. The summed E-state index contributed by atoms with van der Waals surface area (Å²) in [6.07, 6.45) is 5.18. The second kappa shape index (κ2) is 6.95. The molecular formula is C17H17IN4O3S. The lowest BCUT2D eigenvalue weighted by Crippen LogP contribution is -2.15. The monoisotopic (exact) mass is 484 g/mol. The van der Waals surface area contributed by atoms with E-state index in [1.54, 1.807) is 50.0 Å². The van der Waals surface area contributed by atoms with E-state index in [9.17, 15) is 13.2 Å². The van der Waals surface area contributed by atoms with Crippen molar-refractivity contribution in [1.82, 2.24) is 17.5 Å².